The second-order valence-corrected chi connectivity index (χ2v) is 6.51. The number of aromatic nitrogens is 3. The van der Waals surface area contributed by atoms with Crippen molar-refractivity contribution in [3.8, 4) is 0 Å². The third-order valence-electron chi connectivity index (χ3n) is 4.85. The molecule has 1 amide bonds. The summed E-state index contributed by atoms with van der Waals surface area (Å²) in [7, 11) is 1.84. The second-order valence-electron chi connectivity index (χ2n) is 6.51. The summed E-state index contributed by atoms with van der Waals surface area (Å²) in [6.45, 7) is 2.61. The quantitative estimate of drug-likeness (QED) is 0.787. The van der Waals surface area contributed by atoms with Gasteiger partial charge in [0.1, 0.15) is 11.6 Å². The Morgan fingerprint density at radius 2 is 2.12 bits per heavy atom. The summed E-state index contributed by atoms with van der Waals surface area (Å²) in [5.74, 6) is 1.52. The van der Waals surface area contributed by atoms with Crippen LogP contribution in [0.2, 0.25) is 0 Å². The molecule has 2 aromatic heterocycles. The highest BCUT2D eigenvalue weighted by atomic mass is 16.2. The van der Waals surface area contributed by atoms with Crippen LogP contribution >= 0.6 is 0 Å². The van der Waals surface area contributed by atoms with Crippen LogP contribution < -0.4 is 5.32 Å². The zero-order chi connectivity index (χ0) is 18.1. The average Bonchev–Trinajstić information content (AvgIpc) is 3.16. The minimum atomic E-state index is -0.0248. The standard InChI is InChI=1S/C20H21N5O/c1-13-23-17(12-19(21-2)24-13)18-9-5-11-25(18)20(26)15-6-3-8-16-14(15)7-4-10-22-16/h3-4,6-8,10,12,18H,5,9,11H2,1-2H3,(H,21,23,24)/t18-/m0/s1. The molecule has 0 radical (unpaired) electrons. The summed E-state index contributed by atoms with van der Waals surface area (Å²) in [6, 6.07) is 11.4. The number of hydrogen-bond acceptors (Lipinski definition) is 5. The number of benzene rings is 1. The zero-order valence-electron chi connectivity index (χ0n) is 14.9. The summed E-state index contributed by atoms with van der Waals surface area (Å²) in [6.07, 6.45) is 3.63. The van der Waals surface area contributed by atoms with Crippen LogP contribution in [0.15, 0.2) is 42.6 Å². The maximum atomic E-state index is 13.3. The molecule has 3 aromatic rings. The molecule has 1 atom stereocenters. The molecule has 1 aliphatic rings. The molecule has 3 heterocycles. The summed E-state index contributed by atoms with van der Waals surface area (Å²) in [5, 5.41) is 3.96. The van der Waals surface area contributed by atoms with Crippen LogP contribution in [0.4, 0.5) is 5.82 Å². The molecule has 0 bridgehead atoms. The van der Waals surface area contributed by atoms with Crippen molar-refractivity contribution < 1.29 is 4.79 Å². The Balaban J connectivity index is 1.72. The molecule has 1 N–H and O–H groups in total. The van der Waals surface area contributed by atoms with Crippen molar-refractivity contribution in [2.24, 2.45) is 0 Å². The lowest BCUT2D eigenvalue weighted by Crippen LogP contribution is -2.31. The fraction of sp³-hybridized carbons (Fsp3) is 0.300. The van der Waals surface area contributed by atoms with Gasteiger partial charge in [0.25, 0.3) is 5.91 Å². The van der Waals surface area contributed by atoms with E-state index in [1.807, 2.05) is 55.3 Å². The van der Waals surface area contributed by atoms with E-state index in [0.717, 1.165) is 41.8 Å². The van der Waals surface area contributed by atoms with Gasteiger partial charge < -0.3 is 10.2 Å². The van der Waals surface area contributed by atoms with Crippen LogP contribution in [0.3, 0.4) is 0 Å². The molecule has 0 saturated carbocycles. The number of fused-ring (bicyclic) bond motifs is 1. The van der Waals surface area contributed by atoms with E-state index < -0.39 is 0 Å². The molecule has 4 rings (SSSR count). The van der Waals surface area contributed by atoms with Gasteiger partial charge in [-0.2, -0.15) is 0 Å². The molecule has 1 aromatic carbocycles. The molecular weight excluding hydrogens is 326 g/mol. The number of carbonyl (C=O) groups is 1. The maximum Gasteiger partial charge on any atom is 0.255 e. The minimum Gasteiger partial charge on any atom is -0.373 e. The highest BCUT2D eigenvalue weighted by Crippen LogP contribution is 2.34. The molecule has 0 unspecified atom stereocenters. The normalized spacial score (nSPS) is 16.8. The van der Waals surface area contributed by atoms with E-state index in [2.05, 4.69) is 20.3 Å². The van der Waals surface area contributed by atoms with Gasteiger partial charge in [0, 0.05) is 36.8 Å². The monoisotopic (exact) mass is 347 g/mol. The first kappa shape index (κ1) is 16.4. The van der Waals surface area contributed by atoms with E-state index >= 15 is 0 Å². The zero-order valence-corrected chi connectivity index (χ0v) is 14.9. The molecule has 1 fully saturated rings. The fourth-order valence-corrected chi connectivity index (χ4v) is 3.65. The number of carbonyl (C=O) groups excluding carboxylic acids is 1. The third kappa shape index (κ3) is 2.87. The van der Waals surface area contributed by atoms with E-state index in [-0.39, 0.29) is 11.9 Å². The number of nitrogens with zero attached hydrogens (tertiary/aromatic N) is 4. The number of nitrogens with one attached hydrogen (secondary N) is 1. The summed E-state index contributed by atoms with van der Waals surface area (Å²) in [4.78, 5) is 28.6. The van der Waals surface area contributed by atoms with E-state index in [9.17, 15) is 4.79 Å². The molecule has 26 heavy (non-hydrogen) atoms. The first-order valence-electron chi connectivity index (χ1n) is 8.85. The van der Waals surface area contributed by atoms with Crippen LogP contribution in [0.1, 0.15) is 40.8 Å². The van der Waals surface area contributed by atoms with Gasteiger partial charge >= 0.3 is 0 Å². The van der Waals surface area contributed by atoms with E-state index in [0.29, 0.717) is 11.4 Å². The van der Waals surface area contributed by atoms with Crippen LogP contribution in [0.25, 0.3) is 10.9 Å². The van der Waals surface area contributed by atoms with Crippen molar-refractivity contribution in [2.45, 2.75) is 25.8 Å². The average molecular weight is 347 g/mol. The Labute approximate surface area is 152 Å². The molecule has 6 nitrogen and oxygen atoms in total. The Bertz CT molecular complexity index is 966. The Morgan fingerprint density at radius 3 is 2.96 bits per heavy atom. The lowest BCUT2D eigenvalue weighted by atomic mass is 10.1. The van der Waals surface area contributed by atoms with Crippen molar-refractivity contribution in [2.75, 3.05) is 18.9 Å². The second kappa shape index (κ2) is 6.71. The predicted octanol–water partition coefficient (Wildman–Crippen LogP) is 3.35. The van der Waals surface area contributed by atoms with Gasteiger partial charge in [0.05, 0.1) is 17.3 Å². The van der Waals surface area contributed by atoms with Gasteiger partial charge in [-0.25, -0.2) is 9.97 Å². The Kier molecular flexibility index (Phi) is 4.24. The van der Waals surface area contributed by atoms with E-state index in [1.54, 1.807) is 6.20 Å². The first-order chi connectivity index (χ1) is 12.7. The maximum absolute atomic E-state index is 13.3. The van der Waals surface area contributed by atoms with Gasteiger partial charge in [-0.05, 0) is 38.0 Å². The molecule has 1 aliphatic heterocycles. The number of aryl methyl sites for hydroxylation is 1. The largest absolute Gasteiger partial charge is 0.373 e. The highest BCUT2D eigenvalue weighted by molar-refractivity contribution is 6.06. The Hall–Kier alpha value is -3.02. The lowest BCUT2D eigenvalue weighted by Gasteiger charge is -2.25. The van der Waals surface area contributed by atoms with Crippen LogP contribution in [-0.2, 0) is 0 Å². The van der Waals surface area contributed by atoms with Crippen LogP contribution in [-0.4, -0.2) is 39.4 Å². The number of hydrogen-bond donors (Lipinski definition) is 1. The van der Waals surface area contributed by atoms with Crippen molar-refractivity contribution in [1.29, 1.82) is 0 Å². The third-order valence-corrected chi connectivity index (χ3v) is 4.85. The van der Waals surface area contributed by atoms with Gasteiger partial charge in [0.2, 0.25) is 0 Å². The van der Waals surface area contributed by atoms with Crippen LogP contribution in [0.5, 0.6) is 0 Å². The van der Waals surface area contributed by atoms with E-state index in [4.69, 9.17) is 0 Å². The molecule has 0 aliphatic carbocycles. The Morgan fingerprint density at radius 1 is 1.23 bits per heavy atom. The topological polar surface area (TPSA) is 71.0 Å². The van der Waals surface area contributed by atoms with Crippen molar-refractivity contribution in [1.82, 2.24) is 19.9 Å². The number of pyridine rings is 1. The molecule has 0 spiro atoms. The highest BCUT2D eigenvalue weighted by Gasteiger charge is 2.32. The molecule has 6 heteroatoms. The number of rotatable bonds is 3. The number of amides is 1. The van der Waals surface area contributed by atoms with Crippen molar-refractivity contribution in [3.63, 3.8) is 0 Å². The molecular formula is C20H21N5O. The van der Waals surface area contributed by atoms with E-state index in [1.165, 1.54) is 0 Å². The van der Waals surface area contributed by atoms with Crippen molar-refractivity contribution >= 4 is 22.6 Å². The SMILES string of the molecule is CNc1cc([C@@H]2CCCN2C(=O)c2cccc3ncccc23)nc(C)n1. The predicted molar refractivity (Wildman–Crippen MR) is 101 cm³/mol. The fourth-order valence-electron chi connectivity index (χ4n) is 3.65. The summed E-state index contributed by atoms with van der Waals surface area (Å²) < 4.78 is 0. The summed E-state index contributed by atoms with van der Waals surface area (Å²) >= 11 is 0. The van der Waals surface area contributed by atoms with Gasteiger partial charge in [-0.3, -0.25) is 9.78 Å². The van der Waals surface area contributed by atoms with Gasteiger partial charge in [-0.15, -0.1) is 0 Å². The minimum absolute atomic E-state index is 0.0248. The van der Waals surface area contributed by atoms with Gasteiger partial charge in [0.15, 0.2) is 0 Å². The molecule has 1 saturated heterocycles. The van der Waals surface area contributed by atoms with Crippen molar-refractivity contribution in [3.05, 3.63) is 59.7 Å². The smallest absolute Gasteiger partial charge is 0.255 e. The van der Waals surface area contributed by atoms with Crippen LogP contribution in [0, 0.1) is 6.92 Å². The number of likely N-dealkylation sites (tertiary alicyclic amines) is 1. The van der Waals surface area contributed by atoms with Gasteiger partial charge in [-0.1, -0.05) is 12.1 Å². The molecule has 132 valence electrons. The first-order valence-corrected chi connectivity index (χ1v) is 8.85. The number of anilines is 1. The summed E-state index contributed by atoms with van der Waals surface area (Å²) in [5.41, 5.74) is 2.43. The lowest BCUT2D eigenvalue weighted by molar-refractivity contribution is 0.0734.